The quantitative estimate of drug-likeness (QED) is 0.819. The van der Waals surface area contributed by atoms with Crippen molar-refractivity contribution in [1.29, 1.82) is 0 Å². The summed E-state index contributed by atoms with van der Waals surface area (Å²) in [7, 11) is 0. The summed E-state index contributed by atoms with van der Waals surface area (Å²) >= 11 is 0. The van der Waals surface area contributed by atoms with Crippen LogP contribution in [0.15, 0.2) is 16.9 Å². The van der Waals surface area contributed by atoms with Crippen molar-refractivity contribution in [3.63, 3.8) is 0 Å². The molecule has 0 radical (unpaired) electrons. The Morgan fingerprint density at radius 1 is 1.48 bits per heavy atom. The van der Waals surface area contributed by atoms with E-state index in [0.717, 1.165) is 6.07 Å². The molecule has 1 fully saturated rings. The van der Waals surface area contributed by atoms with Gasteiger partial charge in [0, 0.05) is 13.1 Å². The largest absolute Gasteiger partial charge is 0.431 e. The number of aromatic nitrogens is 1. The maximum atomic E-state index is 12.4. The molecule has 2 N–H and O–H groups in total. The van der Waals surface area contributed by atoms with Gasteiger partial charge in [0.15, 0.2) is 0 Å². The summed E-state index contributed by atoms with van der Waals surface area (Å²) in [6.45, 7) is 0.189. The lowest BCUT2D eigenvalue weighted by molar-refractivity contribution is -0.141. The van der Waals surface area contributed by atoms with Gasteiger partial charge in [0.2, 0.25) is 0 Å². The molecule has 2 rings (SSSR count). The molecule has 1 saturated heterocycles. The minimum Gasteiger partial charge on any atom is -0.394 e. The molecule has 1 amide bonds. The number of hydrogen-bond donors (Lipinski definition) is 2. The molecule has 9 heteroatoms. The van der Waals surface area contributed by atoms with E-state index in [1.54, 1.807) is 4.98 Å². The monoisotopic (exact) mass is 306 g/mol. The minimum atomic E-state index is -4.68. The predicted molar refractivity (Wildman–Crippen MR) is 64.8 cm³/mol. The van der Waals surface area contributed by atoms with E-state index >= 15 is 0 Å². The fraction of sp³-hybridized carbons (Fsp3) is 0.500. The van der Waals surface area contributed by atoms with Crippen molar-refractivity contribution in [3.8, 4) is 0 Å². The average molecular weight is 306 g/mol. The van der Waals surface area contributed by atoms with E-state index in [1.807, 2.05) is 0 Å². The minimum absolute atomic E-state index is 0.0792. The number of amides is 1. The van der Waals surface area contributed by atoms with E-state index in [-0.39, 0.29) is 31.9 Å². The zero-order chi connectivity index (χ0) is 15.6. The molecule has 21 heavy (non-hydrogen) atoms. The first-order valence-corrected chi connectivity index (χ1v) is 6.15. The number of halogens is 3. The third kappa shape index (κ3) is 3.42. The third-order valence-electron chi connectivity index (χ3n) is 3.07. The van der Waals surface area contributed by atoms with Crippen LogP contribution in [0, 0.1) is 0 Å². The van der Waals surface area contributed by atoms with Crippen LogP contribution in [0.5, 0.6) is 0 Å². The zero-order valence-corrected chi connectivity index (χ0v) is 10.8. The number of aromatic amines is 1. The van der Waals surface area contributed by atoms with E-state index in [0.29, 0.717) is 6.07 Å². The van der Waals surface area contributed by atoms with E-state index in [1.165, 1.54) is 4.90 Å². The van der Waals surface area contributed by atoms with Crippen LogP contribution in [-0.4, -0.2) is 53.3 Å². The normalized spacial score (nSPS) is 19.6. The molecule has 0 spiro atoms. The first kappa shape index (κ1) is 15.5. The maximum Gasteiger partial charge on any atom is 0.431 e. The second kappa shape index (κ2) is 5.86. The number of aliphatic hydroxyl groups is 1. The molecule has 0 bridgehead atoms. The lowest BCUT2D eigenvalue weighted by atomic mass is 10.2. The van der Waals surface area contributed by atoms with E-state index in [9.17, 15) is 22.8 Å². The zero-order valence-electron chi connectivity index (χ0n) is 10.8. The smallest absolute Gasteiger partial charge is 0.394 e. The Morgan fingerprint density at radius 3 is 2.76 bits per heavy atom. The van der Waals surface area contributed by atoms with Gasteiger partial charge in [0.05, 0.1) is 19.3 Å². The van der Waals surface area contributed by atoms with Gasteiger partial charge in [-0.1, -0.05) is 0 Å². The van der Waals surface area contributed by atoms with Crippen LogP contribution >= 0.6 is 0 Å². The van der Waals surface area contributed by atoms with Gasteiger partial charge in [-0.25, -0.2) is 0 Å². The van der Waals surface area contributed by atoms with Crippen LogP contribution in [0.3, 0.4) is 0 Å². The molecule has 1 unspecified atom stereocenters. The number of carbonyl (C=O) groups is 1. The summed E-state index contributed by atoms with van der Waals surface area (Å²) in [5, 5.41) is 8.99. The molecule has 1 aromatic rings. The van der Waals surface area contributed by atoms with Gasteiger partial charge in [-0.15, -0.1) is 0 Å². The van der Waals surface area contributed by atoms with Gasteiger partial charge < -0.3 is 19.7 Å². The molecule has 1 atom stereocenters. The lowest BCUT2D eigenvalue weighted by Gasteiger charge is -2.31. The van der Waals surface area contributed by atoms with Gasteiger partial charge in [-0.05, 0) is 12.1 Å². The lowest BCUT2D eigenvalue weighted by Crippen LogP contribution is -2.48. The van der Waals surface area contributed by atoms with E-state index in [2.05, 4.69) is 0 Å². The number of alkyl halides is 3. The number of pyridine rings is 1. The van der Waals surface area contributed by atoms with Crippen molar-refractivity contribution in [2.75, 3.05) is 26.3 Å². The number of aliphatic hydroxyl groups excluding tert-OH is 1. The SMILES string of the molecule is O=C(c1ccc(C(F)(F)F)[nH]c1=O)N1CCOC(CO)C1. The molecule has 1 aliphatic heterocycles. The van der Waals surface area contributed by atoms with Gasteiger partial charge >= 0.3 is 6.18 Å². The Balaban J connectivity index is 2.22. The van der Waals surface area contributed by atoms with Crippen molar-refractivity contribution in [1.82, 2.24) is 9.88 Å². The first-order valence-electron chi connectivity index (χ1n) is 6.15. The number of nitrogens with zero attached hydrogens (tertiary/aromatic N) is 1. The van der Waals surface area contributed by atoms with Crippen molar-refractivity contribution in [3.05, 3.63) is 33.7 Å². The number of hydrogen-bond acceptors (Lipinski definition) is 4. The summed E-state index contributed by atoms with van der Waals surface area (Å²) in [6.07, 6.45) is -5.24. The van der Waals surface area contributed by atoms with Crippen molar-refractivity contribution >= 4 is 5.91 Å². The standard InChI is InChI=1S/C12H13F3N2O4/c13-12(14,15)9-2-1-8(10(19)16-9)11(20)17-3-4-21-7(5-17)6-18/h1-2,7,18H,3-6H2,(H,16,19). The Bertz CT molecular complexity index is 585. The number of H-pyrrole nitrogens is 1. The molecule has 0 aromatic carbocycles. The van der Waals surface area contributed by atoms with Crippen LogP contribution in [0.2, 0.25) is 0 Å². The highest BCUT2D eigenvalue weighted by Crippen LogP contribution is 2.26. The summed E-state index contributed by atoms with van der Waals surface area (Å²) in [4.78, 5) is 26.7. The molecule has 1 aromatic heterocycles. The number of nitrogens with one attached hydrogen (secondary N) is 1. The summed E-state index contributed by atoms with van der Waals surface area (Å²) in [5.41, 5.74) is -2.68. The molecule has 2 heterocycles. The number of carbonyl (C=O) groups excluding carboxylic acids is 1. The summed E-state index contributed by atoms with van der Waals surface area (Å²) in [5.74, 6) is -0.688. The van der Waals surface area contributed by atoms with Crippen molar-refractivity contribution in [2.45, 2.75) is 12.3 Å². The Labute approximate surface area is 117 Å². The van der Waals surface area contributed by atoms with E-state index in [4.69, 9.17) is 9.84 Å². The fourth-order valence-electron chi connectivity index (χ4n) is 1.99. The average Bonchev–Trinajstić information content (AvgIpc) is 2.45. The van der Waals surface area contributed by atoms with Gasteiger partial charge in [0.25, 0.3) is 11.5 Å². The highest BCUT2D eigenvalue weighted by Gasteiger charge is 2.33. The molecule has 0 aliphatic carbocycles. The molecule has 116 valence electrons. The molecule has 6 nitrogen and oxygen atoms in total. The molecule has 1 aliphatic rings. The van der Waals surface area contributed by atoms with Gasteiger partial charge in [-0.3, -0.25) is 9.59 Å². The summed E-state index contributed by atoms with van der Waals surface area (Å²) in [6, 6.07) is 1.51. The fourth-order valence-corrected chi connectivity index (χ4v) is 1.99. The van der Waals surface area contributed by atoms with Gasteiger partial charge in [-0.2, -0.15) is 13.2 Å². The van der Waals surface area contributed by atoms with Crippen molar-refractivity contribution in [2.24, 2.45) is 0 Å². The predicted octanol–water partition coefficient (Wildman–Crippen LogP) is 0.227. The van der Waals surface area contributed by atoms with Crippen LogP contribution in [0.1, 0.15) is 16.1 Å². The van der Waals surface area contributed by atoms with Crippen LogP contribution in [0.25, 0.3) is 0 Å². The highest BCUT2D eigenvalue weighted by molar-refractivity contribution is 5.93. The second-order valence-electron chi connectivity index (χ2n) is 4.54. The third-order valence-corrected chi connectivity index (χ3v) is 3.07. The summed E-state index contributed by atoms with van der Waals surface area (Å²) < 4.78 is 42.5. The number of ether oxygens (including phenoxy) is 1. The van der Waals surface area contributed by atoms with E-state index < -0.39 is 29.4 Å². The Hall–Kier alpha value is -1.87. The van der Waals surface area contributed by atoms with Crippen molar-refractivity contribution < 1.29 is 27.8 Å². The maximum absolute atomic E-state index is 12.4. The van der Waals surface area contributed by atoms with Crippen LogP contribution in [0.4, 0.5) is 13.2 Å². The number of rotatable bonds is 2. The topological polar surface area (TPSA) is 82.6 Å². The Morgan fingerprint density at radius 2 is 2.19 bits per heavy atom. The highest BCUT2D eigenvalue weighted by atomic mass is 19.4. The molecular formula is C12H13F3N2O4. The first-order chi connectivity index (χ1) is 9.82. The second-order valence-corrected chi connectivity index (χ2v) is 4.54. The Kier molecular flexibility index (Phi) is 4.33. The van der Waals surface area contributed by atoms with Crippen LogP contribution < -0.4 is 5.56 Å². The van der Waals surface area contributed by atoms with Crippen LogP contribution in [-0.2, 0) is 10.9 Å². The molecule has 0 saturated carbocycles. The molecular weight excluding hydrogens is 293 g/mol. The van der Waals surface area contributed by atoms with Gasteiger partial charge in [0.1, 0.15) is 11.3 Å². The number of morpholine rings is 1.